The topological polar surface area (TPSA) is 53.1 Å². The number of hydrogen-bond donors (Lipinski definition) is 2. The molecule has 1 fully saturated rings. The summed E-state index contributed by atoms with van der Waals surface area (Å²) >= 11 is 1.65. The molecule has 5 nitrogen and oxygen atoms in total. The van der Waals surface area contributed by atoms with Crippen LogP contribution in [-0.2, 0) is 0 Å². The second-order valence-electron chi connectivity index (χ2n) is 5.41. The summed E-state index contributed by atoms with van der Waals surface area (Å²) in [6.45, 7) is 3.40. The summed E-state index contributed by atoms with van der Waals surface area (Å²) in [5, 5.41) is 9.76. The Balaban J connectivity index is 1.71. The fraction of sp³-hybridized carbons (Fsp3) is 0.571. The molecule has 0 unspecified atom stereocenters. The van der Waals surface area contributed by atoms with Gasteiger partial charge in [0.1, 0.15) is 10.6 Å². The molecular weight excluding hydrogens is 270 g/mol. The molecule has 108 valence electrons. The van der Waals surface area contributed by atoms with Gasteiger partial charge in [0, 0.05) is 13.6 Å². The molecule has 2 aromatic rings. The molecule has 3 heterocycles. The highest BCUT2D eigenvalue weighted by Gasteiger charge is 2.17. The maximum atomic E-state index is 4.55. The third kappa shape index (κ3) is 2.86. The van der Waals surface area contributed by atoms with Crippen LogP contribution in [0.25, 0.3) is 10.2 Å². The minimum atomic E-state index is 0.686. The van der Waals surface area contributed by atoms with Crippen molar-refractivity contribution in [1.82, 2.24) is 14.9 Å². The largest absolute Gasteiger partial charge is 0.369 e. The Bertz CT molecular complexity index is 574. The smallest absolute Gasteiger partial charge is 0.225 e. The first kappa shape index (κ1) is 13.6. The lowest BCUT2D eigenvalue weighted by molar-refractivity contribution is 0.226. The van der Waals surface area contributed by atoms with Crippen LogP contribution in [0.4, 0.5) is 11.8 Å². The Hall–Kier alpha value is -1.40. The highest BCUT2D eigenvalue weighted by molar-refractivity contribution is 7.16. The Morgan fingerprint density at radius 3 is 2.90 bits per heavy atom. The van der Waals surface area contributed by atoms with Crippen LogP contribution in [-0.4, -0.2) is 48.6 Å². The van der Waals surface area contributed by atoms with E-state index in [1.807, 2.05) is 7.05 Å². The number of piperidine rings is 1. The van der Waals surface area contributed by atoms with Crippen LogP contribution < -0.4 is 10.6 Å². The molecule has 2 aromatic heterocycles. The van der Waals surface area contributed by atoms with E-state index in [1.54, 1.807) is 11.3 Å². The maximum Gasteiger partial charge on any atom is 0.225 e. The van der Waals surface area contributed by atoms with Gasteiger partial charge in [-0.05, 0) is 50.3 Å². The van der Waals surface area contributed by atoms with Crippen LogP contribution in [0.5, 0.6) is 0 Å². The first-order valence-electron chi connectivity index (χ1n) is 7.11. The third-order valence-electron chi connectivity index (χ3n) is 3.94. The number of nitrogens with one attached hydrogen (secondary N) is 2. The quantitative estimate of drug-likeness (QED) is 0.906. The molecule has 20 heavy (non-hydrogen) atoms. The van der Waals surface area contributed by atoms with Crippen molar-refractivity contribution >= 4 is 33.3 Å². The molecular formula is C14H21N5S. The predicted molar refractivity (Wildman–Crippen MR) is 85.7 cm³/mol. The summed E-state index contributed by atoms with van der Waals surface area (Å²) in [5.74, 6) is 2.39. The summed E-state index contributed by atoms with van der Waals surface area (Å²) in [4.78, 5) is 12.5. The molecule has 3 rings (SSSR count). The summed E-state index contributed by atoms with van der Waals surface area (Å²) in [6, 6.07) is 2.09. The number of fused-ring (bicyclic) bond motifs is 1. The average molecular weight is 291 g/mol. The van der Waals surface area contributed by atoms with E-state index in [1.165, 1.54) is 25.9 Å². The molecule has 1 aliphatic rings. The fourth-order valence-corrected chi connectivity index (χ4v) is 3.37. The minimum absolute atomic E-state index is 0.686. The van der Waals surface area contributed by atoms with Crippen LogP contribution in [0.3, 0.4) is 0 Å². The third-order valence-corrected chi connectivity index (χ3v) is 4.75. The van der Waals surface area contributed by atoms with Gasteiger partial charge in [-0.15, -0.1) is 11.3 Å². The van der Waals surface area contributed by atoms with E-state index in [2.05, 4.69) is 44.0 Å². The lowest BCUT2D eigenvalue weighted by Gasteiger charge is -2.29. The number of aromatic nitrogens is 2. The molecule has 6 heteroatoms. The number of rotatable bonds is 4. The average Bonchev–Trinajstić information content (AvgIpc) is 2.94. The second kappa shape index (κ2) is 5.93. The van der Waals surface area contributed by atoms with Crippen molar-refractivity contribution in [3.8, 4) is 0 Å². The van der Waals surface area contributed by atoms with Crippen LogP contribution in [0.15, 0.2) is 11.4 Å². The zero-order valence-electron chi connectivity index (χ0n) is 12.0. The van der Waals surface area contributed by atoms with Gasteiger partial charge in [-0.25, -0.2) is 4.98 Å². The summed E-state index contributed by atoms with van der Waals surface area (Å²) in [7, 11) is 4.05. The summed E-state index contributed by atoms with van der Waals surface area (Å²) in [5.41, 5.74) is 0. The van der Waals surface area contributed by atoms with Crippen LogP contribution in [0, 0.1) is 5.92 Å². The van der Waals surface area contributed by atoms with Crippen molar-refractivity contribution in [3.05, 3.63) is 11.4 Å². The number of nitrogens with zero attached hydrogens (tertiary/aromatic N) is 3. The molecule has 0 radical (unpaired) electrons. The molecule has 0 amide bonds. The van der Waals surface area contributed by atoms with Crippen LogP contribution in [0.2, 0.25) is 0 Å². The summed E-state index contributed by atoms with van der Waals surface area (Å²) in [6.07, 6.45) is 2.53. The zero-order valence-corrected chi connectivity index (χ0v) is 12.8. The van der Waals surface area contributed by atoms with Gasteiger partial charge in [-0.3, -0.25) is 0 Å². The van der Waals surface area contributed by atoms with Crippen LogP contribution >= 0.6 is 11.3 Å². The second-order valence-corrected chi connectivity index (χ2v) is 6.31. The van der Waals surface area contributed by atoms with E-state index in [0.717, 1.165) is 28.5 Å². The van der Waals surface area contributed by atoms with Crippen molar-refractivity contribution in [2.75, 3.05) is 44.4 Å². The van der Waals surface area contributed by atoms with Gasteiger partial charge in [-0.1, -0.05) is 0 Å². The molecule has 0 saturated carbocycles. The first-order valence-corrected chi connectivity index (χ1v) is 7.99. The van der Waals surface area contributed by atoms with Gasteiger partial charge in [-0.2, -0.15) is 4.98 Å². The lowest BCUT2D eigenvalue weighted by atomic mass is 9.97. The molecule has 0 aliphatic carbocycles. The fourth-order valence-electron chi connectivity index (χ4n) is 2.61. The molecule has 1 aliphatic heterocycles. The Morgan fingerprint density at radius 2 is 2.15 bits per heavy atom. The number of likely N-dealkylation sites (tertiary alicyclic amines) is 1. The van der Waals surface area contributed by atoms with Gasteiger partial charge in [0.2, 0.25) is 5.95 Å². The molecule has 0 spiro atoms. The van der Waals surface area contributed by atoms with E-state index in [9.17, 15) is 0 Å². The monoisotopic (exact) mass is 291 g/mol. The van der Waals surface area contributed by atoms with Gasteiger partial charge in [0.25, 0.3) is 0 Å². The zero-order chi connectivity index (χ0) is 13.9. The highest BCUT2D eigenvalue weighted by atomic mass is 32.1. The van der Waals surface area contributed by atoms with Crippen molar-refractivity contribution in [3.63, 3.8) is 0 Å². The van der Waals surface area contributed by atoms with E-state index in [4.69, 9.17) is 0 Å². The number of anilines is 2. The van der Waals surface area contributed by atoms with Crippen molar-refractivity contribution < 1.29 is 0 Å². The van der Waals surface area contributed by atoms with E-state index < -0.39 is 0 Å². The standard InChI is InChI=1S/C14H21N5S/c1-15-14-17-12(11-5-8-20-13(11)18-14)16-9-10-3-6-19(2)7-4-10/h5,8,10H,3-4,6-7,9H2,1-2H3,(H2,15,16,17,18). The van der Waals surface area contributed by atoms with Gasteiger partial charge in [0.15, 0.2) is 0 Å². The normalized spacial score (nSPS) is 17.5. The van der Waals surface area contributed by atoms with Gasteiger partial charge < -0.3 is 15.5 Å². The lowest BCUT2D eigenvalue weighted by Crippen LogP contribution is -2.33. The van der Waals surface area contributed by atoms with Crippen molar-refractivity contribution in [2.24, 2.45) is 5.92 Å². The van der Waals surface area contributed by atoms with Gasteiger partial charge in [0.05, 0.1) is 5.39 Å². The van der Waals surface area contributed by atoms with Crippen LogP contribution in [0.1, 0.15) is 12.8 Å². The Kier molecular flexibility index (Phi) is 4.03. The van der Waals surface area contributed by atoms with E-state index in [0.29, 0.717) is 5.95 Å². The van der Waals surface area contributed by atoms with E-state index in [-0.39, 0.29) is 0 Å². The maximum absolute atomic E-state index is 4.55. The number of hydrogen-bond acceptors (Lipinski definition) is 6. The molecule has 0 bridgehead atoms. The predicted octanol–water partition coefficient (Wildman–Crippen LogP) is 2.49. The van der Waals surface area contributed by atoms with Gasteiger partial charge >= 0.3 is 0 Å². The molecule has 1 saturated heterocycles. The molecule has 2 N–H and O–H groups in total. The SMILES string of the molecule is CNc1nc(NCC2CCN(C)CC2)c2ccsc2n1. The van der Waals surface area contributed by atoms with Crippen molar-refractivity contribution in [2.45, 2.75) is 12.8 Å². The minimum Gasteiger partial charge on any atom is -0.369 e. The summed E-state index contributed by atoms with van der Waals surface area (Å²) < 4.78 is 0. The molecule has 0 aromatic carbocycles. The molecule has 0 atom stereocenters. The first-order chi connectivity index (χ1) is 9.76. The van der Waals surface area contributed by atoms with E-state index >= 15 is 0 Å². The Labute approximate surface area is 123 Å². The van der Waals surface area contributed by atoms with Crippen molar-refractivity contribution in [1.29, 1.82) is 0 Å². The highest BCUT2D eigenvalue weighted by Crippen LogP contribution is 2.27. The Morgan fingerprint density at radius 1 is 1.35 bits per heavy atom. The number of thiophene rings is 1.